The Kier molecular flexibility index (Phi) is 4.53. The lowest BCUT2D eigenvalue weighted by atomic mass is 9.91. The maximum absolute atomic E-state index is 11.5. The second-order valence-corrected chi connectivity index (χ2v) is 7.77. The van der Waals surface area contributed by atoms with Gasteiger partial charge in [0.05, 0.1) is 4.90 Å². The minimum Gasteiger partial charge on any atom is -0.488 e. The normalized spacial score (nSPS) is 26.8. The lowest BCUT2D eigenvalue weighted by molar-refractivity contribution is -0.0723. The second-order valence-electron chi connectivity index (χ2n) is 4.57. The standard InChI is InChI=1S/C13H17BrO4S/c1-3-17-13-11(14)8-12(13)18-9-5-4-6-10(7-9)19(2,15)16/h4-7,11-13H,3,8H2,1-2H3. The Morgan fingerprint density at radius 3 is 2.74 bits per heavy atom. The van der Waals surface area contributed by atoms with Gasteiger partial charge in [0.25, 0.3) is 0 Å². The number of sulfone groups is 1. The number of hydrogen-bond donors (Lipinski definition) is 0. The van der Waals surface area contributed by atoms with Crippen LogP contribution in [0.2, 0.25) is 0 Å². The van der Waals surface area contributed by atoms with E-state index in [0.29, 0.717) is 17.2 Å². The molecule has 3 atom stereocenters. The van der Waals surface area contributed by atoms with E-state index in [1.54, 1.807) is 24.3 Å². The van der Waals surface area contributed by atoms with Gasteiger partial charge in [0.2, 0.25) is 0 Å². The molecule has 0 N–H and O–H groups in total. The Balaban J connectivity index is 2.08. The number of ether oxygens (including phenoxy) is 2. The predicted molar refractivity (Wildman–Crippen MR) is 76.7 cm³/mol. The van der Waals surface area contributed by atoms with Gasteiger partial charge in [0.1, 0.15) is 18.0 Å². The topological polar surface area (TPSA) is 52.6 Å². The summed E-state index contributed by atoms with van der Waals surface area (Å²) in [6.07, 6.45) is 2.03. The average Bonchev–Trinajstić information content (AvgIpc) is 2.35. The van der Waals surface area contributed by atoms with Crippen molar-refractivity contribution in [2.24, 2.45) is 0 Å². The van der Waals surface area contributed by atoms with E-state index in [2.05, 4.69) is 15.9 Å². The van der Waals surface area contributed by atoms with Gasteiger partial charge < -0.3 is 9.47 Å². The van der Waals surface area contributed by atoms with Crippen molar-refractivity contribution in [3.63, 3.8) is 0 Å². The molecule has 0 heterocycles. The summed E-state index contributed by atoms with van der Waals surface area (Å²) < 4.78 is 34.4. The van der Waals surface area contributed by atoms with Crippen LogP contribution in [0.3, 0.4) is 0 Å². The Hall–Kier alpha value is -0.590. The van der Waals surface area contributed by atoms with Crippen LogP contribution in [0, 0.1) is 0 Å². The minimum atomic E-state index is -3.20. The first-order valence-electron chi connectivity index (χ1n) is 6.14. The van der Waals surface area contributed by atoms with Gasteiger partial charge in [0, 0.05) is 24.1 Å². The van der Waals surface area contributed by atoms with E-state index in [-0.39, 0.29) is 17.1 Å². The zero-order valence-corrected chi connectivity index (χ0v) is 13.3. The van der Waals surface area contributed by atoms with Gasteiger partial charge in [-0.15, -0.1) is 0 Å². The number of alkyl halides is 1. The molecule has 0 aliphatic heterocycles. The molecular formula is C13H17BrO4S. The summed E-state index contributed by atoms with van der Waals surface area (Å²) in [5.74, 6) is 0.567. The number of benzene rings is 1. The average molecular weight is 349 g/mol. The number of hydrogen-bond acceptors (Lipinski definition) is 4. The zero-order chi connectivity index (χ0) is 14.0. The highest BCUT2D eigenvalue weighted by Gasteiger charge is 2.42. The molecule has 106 valence electrons. The molecule has 0 radical (unpaired) electrons. The Labute approximate surface area is 122 Å². The largest absolute Gasteiger partial charge is 0.488 e. The molecule has 1 fully saturated rings. The summed E-state index contributed by atoms with van der Waals surface area (Å²) in [4.78, 5) is 0.572. The molecule has 1 aromatic carbocycles. The van der Waals surface area contributed by atoms with Crippen LogP contribution in [-0.2, 0) is 14.6 Å². The van der Waals surface area contributed by atoms with Crippen LogP contribution in [0.25, 0.3) is 0 Å². The first kappa shape index (κ1) is 14.8. The van der Waals surface area contributed by atoms with Gasteiger partial charge in [-0.25, -0.2) is 8.42 Å². The summed E-state index contributed by atoms with van der Waals surface area (Å²) in [6.45, 7) is 2.58. The molecule has 1 aromatic rings. The van der Waals surface area contributed by atoms with Crippen LogP contribution in [-0.4, -0.2) is 38.3 Å². The molecule has 0 bridgehead atoms. The Morgan fingerprint density at radius 2 is 2.16 bits per heavy atom. The van der Waals surface area contributed by atoms with Crippen molar-refractivity contribution in [2.75, 3.05) is 12.9 Å². The van der Waals surface area contributed by atoms with E-state index in [1.807, 2.05) is 6.92 Å². The maximum atomic E-state index is 11.5. The van der Waals surface area contributed by atoms with Crippen LogP contribution >= 0.6 is 15.9 Å². The van der Waals surface area contributed by atoms with E-state index in [1.165, 1.54) is 6.26 Å². The molecule has 1 aliphatic rings. The van der Waals surface area contributed by atoms with Crippen molar-refractivity contribution in [1.82, 2.24) is 0 Å². The Bertz CT molecular complexity index is 543. The molecule has 6 heteroatoms. The van der Waals surface area contributed by atoms with Crippen LogP contribution in [0.15, 0.2) is 29.2 Å². The molecular weight excluding hydrogens is 332 g/mol. The molecule has 3 unspecified atom stereocenters. The molecule has 2 rings (SSSR count). The van der Waals surface area contributed by atoms with Gasteiger partial charge in [-0.2, -0.15) is 0 Å². The smallest absolute Gasteiger partial charge is 0.175 e. The first-order valence-corrected chi connectivity index (χ1v) is 8.95. The molecule has 19 heavy (non-hydrogen) atoms. The van der Waals surface area contributed by atoms with E-state index in [9.17, 15) is 8.42 Å². The summed E-state index contributed by atoms with van der Waals surface area (Å²) in [7, 11) is -3.20. The van der Waals surface area contributed by atoms with Crippen molar-refractivity contribution in [2.45, 2.75) is 35.3 Å². The quantitative estimate of drug-likeness (QED) is 0.766. The lowest BCUT2D eigenvalue weighted by Crippen LogP contribution is -2.52. The number of halogens is 1. The Morgan fingerprint density at radius 1 is 1.42 bits per heavy atom. The molecule has 0 aromatic heterocycles. The van der Waals surface area contributed by atoms with Crippen LogP contribution in [0.5, 0.6) is 5.75 Å². The fraction of sp³-hybridized carbons (Fsp3) is 0.538. The van der Waals surface area contributed by atoms with Crippen molar-refractivity contribution >= 4 is 25.8 Å². The monoisotopic (exact) mass is 348 g/mol. The third kappa shape index (κ3) is 3.49. The predicted octanol–water partition coefficient (Wildman–Crippen LogP) is 2.41. The van der Waals surface area contributed by atoms with Crippen LogP contribution < -0.4 is 4.74 Å². The molecule has 1 aliphatic carbocycles. The van der Waals surface area contributed by atoms with Crippen LogP contribution in [0.1, 0.15) is 13.3 Å². The van der Waals surface area contributed by atoms with E-state index < -0.39 is 9.84 Å². The summed E-state index contributed by atoms with van der Waals surface area (Å²) in [6, 6.07) is 6.57. The van der Waals surface area contributed by atoms with E-state index in [4.69, 9.17) is 9.47 Å². The minimum absolute atomic E-state index is 0.0203. The van der Waals surface area contributed by atoms with Gasteiger partial charge in [-0.3, -0.25) is 0 Å². The van der Waals surface area contributed by atoms with E-state index >= 15 is 0 Å². The summed E-state index contributed by atoms with van der Waals surface area (Å²) in [5.41, 5.74) is 0. The van der Waals surface area contributed by atoms with Crippen molar-refractivity contribution in [3.8, 4) is 5.75 Å². The molecule has 1 saturated carbocycles. The highest BCUT2D eigenvalue weighted by atomic mass is 79.9. The van der Waals surface area contributed by atoms with Crippen molar-refractivity contribution in [1.29, 1.82) is 0 Å². The van der Waals surface area contributed by atoms with E-state index in [0.717, 1.165) is 6.42 Å². The number of rotatable bonds is 5. The van der Waals surface area contributed by atoms with Gasteiger partial charge >= 0.3 is 0 Å². The summed E-state index contributed by atoms with van der Waals surface area (Å²) in [5, 5.41) is 0. The fourth-order valence-corrected chi connectivity index (χ4v) is 3.52. The third-order valence-corrected chi connectivity index (χ3v) is 5.07. The lowest BCUT2D eigenvalue weighted by Gasteiger charge is -2.40. The highest BCUT2D eigenvalue weighted by molar-refractivity contribution is 9.09. The fourth-order valence-electron chi connectivity index (χ4n) is 2.00. The maximum Gasteiger partial charge on any atom is 0.175 e. The first-order chi connectivity index (χ1) is 8.91. The van der Waals surface area contributed by atoms with Crippen molar-refractivity contribution in [3.05, 3.63) is 24.3 Å². The molecule has 4 nitrogen and oxygen atoms in total. The zero-order valence-electron chi connectivity index (χ0n) is 10.9. The summed E-state index contributed by atoms with van der Waals surface area (Å²) >= 11 is 3.53. The van der Waals surface area contributed by atoms with Gasteiger partial charge in [-0.05, 0) is 25.1 Å². The van der Waals surface area contributed by atoms with Gasteiger partial charge in [-0.1, -0.05) is 22.0 Å². The molecule has 0 amide bonds. The second kappa shape index (κ2) is 5.81. The molecule has 0 saturated heterocycles. The molecule has 0 spiro atoms. The van der Waals surface area contributed by atoms with Gasteiger partial charge in [0.15, 0.2) is 9.84 Å². The third-order valence-electron chi connectivity index (χ3n) is 3.06. The highest BCUT2D eigenvalue weighted by Crippen LogP contribution is 2.34. The SMILES string of the molecule is CCOC1C(Br)CC1Oc1cccc(S(C)(=O)=O)c1. The van der Waals surface area contributed by atoms with Crippen LogP contribution in [0.4, 0.5) is 0 Å². The van der Waals surface area contributed by atoms with Crippen molar-refractivity contribution < 1.29 is 17.9 Å².